The minimum absolute atomic E-state index is 0. The van der Waals surface area contributed by atoms with Gasteiger partial charge in [0.25, 0.3) is 0 Å². The van der Waals surface area contributed by atoms with E-state index >= 15 is 0 Å². The molecule has 7 aliphatic carbocycles. The van der Waals surface area contributed by atoms with Gasteiger partial charge in [0.05, 0.1) is 0 Å². The number of allylic oxidation sites excluding steroid dienone is 2. The molecule has 12 atom stereocenters. The lowest BCUT2D eigenvalue weighted by Crippen LogP contribution is -2.91. The number of fused-ring (bicyclic) bond motifs is 16. The third-order valence-corrected chi connectivity index (χ3v) is 10.2. The van der Waals surface area contributed by atoms with Crippen molar-refractivity contribution < 1.29 is 2.85 Å². The van der Waals surface area contributed by atoms with Gasteiger partial charge < -0.3 is 0 Å². The Kier molecular flexibility index (Phi) is 0.971. The molecule has 0 bridgehead atoms. The largest absolute Gasteiger partial charge is 0.0842 e. The van der Waals surface area contributed by atoms with Gasteiger partial charge in [-0.25, -0.2) is 0 Å². The first kappa shape index (κ1) is 8.82. The van der Waals surface area contributed by atoms with Gasteiger partial charge in [0.2, 0.25) is 0 Å². The molecule has 0 saturated heterocycles. The van der Waals surface area contributed by atoms with Crippen molar-refractivity contribution in [1.82, 2.24) is 0 Å². The zero-order valence-electron chi connectivity index (χ0n) is 11.3. The van der Waals surface area contributed by atoms with E-state index in [4.69, 9.17) is 0 Å². The van der Waals surface area contributed by atoms with Crippen LogP contribution in [0.15, 0.2) is 12.2 Å². The maximum absolute atomic E-state index is 2.64. The van der Waals surface area contributed by atoms with E-state index in [0.717, 1.165) is 22.7 Å². The van der Waals surface area contributed by atoms with E-state index in [1.54, 1.807) is 12.8 Å². The molecule has 0 heteroatoms. The Morgan fingerprint density at radius 1 is 0.722 bits per heavy atom. The third kappa shape index (κ3) is 0.476. The quantitative estimate of drug-likeness (QED) is 0.443. The molecule has 7 rings (SSSR count). The zero-order chi connectivity index (χ0) is 11.6. The highest BCUT2D eigenvalue weighted by atomic mass is 14.9. The maximum Gasteiger partial charge on any atom is 0 e. The van der Waals surface area contributed by atoms with Crippen molar-refractivity contribution in [1.29, 1.82) is 0 Å². The molecule has 7 aliphatic rings. The number of hydrogen-bond acceptors (Lipinski definition) is 0. The Balaban J connectivity index is 0.000000480. The molecular weight excluding hydrogens is 216 g/mol. The summed E-state index contributed by atoms with van der Waals surface area (Å²) in [6.45, 7) is 5.29. The van der Waals surface area contributed by atoms with Gasteiger partial charge in [-0.05, 0) is 82.9 Å². The van der Waals surface area contributed by atoms with Crippen LogP contribution in [0, 0.1) is 70.0 Å². The molecule has 6 saturated carbocycles. The topological polar surface area (TPSA) is 0 Å². The maximum atomic E-state index is 2.64. The average molecular weight is 242 g/mol. The van der Waals surface area contributed by atoms with E-state index in [1.807, 2.05) is 0 Å². The summed E-state index contributed by atoms with van der Waals surface area (Å²) < 4.78 is 0. The monoisotopic (exact) mass is 242 g/mol. The van der Waals surface area contributed by atoms with E-state index in [0.29, 0.717) is 0 Å². The number of rotatable bonds is 0. The molecule has 8 unspecified atom stereocenters. The van der Waals surface area contributed by atoms with Gasteiger partial charge in [0.1, 0.15) is 0 Å². The molecule has 0 nitrogen and oxygen atoms in total. The van der Waals surface area contributed by atoms with Gasteiger partial charge in [0, 0.05) is 2.85 Å². The van der Waals surface area contributed by atoms with Crippen LogP contribution in [-0.4, -0.2) is 0 Å². The van der Waals surface area contributed by atoms with Gasteiger partial charge in [-0.2, -0.15) is 0 Å². The van der Waals surface area contributed by atoms with Crippen LogP contribution in [0.4, 0.5) is 0 Å². The van der Waals surface area contributed by atoms with Crippen molar-refractivity contribution in [3.63, 3.8) is 0 Å². The average Bonchev–Trinajstić information content (AvgIpc) is 2.31. The molecule has 6 fully saturated rings. The molecule has 18 heavy (non-hydrogen) atoms. The first-order chi connectivity index (χ1) is 8.68. The van der Waals surface area contributed by atoms with Crippen LogP contribution in [0.2, 0.25) is 0 Å². The predicted octanol–water partition coefficient (Wildman–Crippen LogP) is 4.08. The summed E-state index contributed by atoms with van der Waals surface area (Å²) in [7, 11) is 0. The van der Waals surface area contributed by atoms with E-state index in [9.17, 15) is 0 Å². The van der Waals surface area contributed by atoms with Crippen LogP contribution in [0.3, 0.4) is 0 Å². The minimum Gasteiger partial charge on any atom is -0.0842 e. The van der Waals surface area contributed by atoms with E-state index < -0.39 is 0 Å². The summed E-state index contributed by atoms with van der Waals surface area (Å²) in [5.74, 6) is 11.7. The molecule has 0 amide bonds. The highest BCUT2D eigenvalue weighted by molar-refractivity contribution is 5.40. The molecule has 0 spiro atoms. The van der Waals surface area contributed by atoms with Gasteiger partial charge in [0.15, 0.2) is 0 Å². The smallest absolute Gasteiger partial charge is 0 e. The molecule has 0 aliphatic heterocycles. The molecule has 0 aromatic carbocycles. The van der Waals surface area contributed by atoms with E-state index in [-0.39, 0.29) is 2.85 Å². The van der Waals surface area contributed by atoms with Crippen LogP contribution >= 0.6 is 0 Å². The highest BCUT2D eigenvalue weighted by Gasteiger charge is 2.90. The Hall–Kier alpha value is -0.260. The zero-order valence-corrected chi connectivity index (χ0v) is 11.3. The first-order valence-corrected chi connectivity index (χ1v) is 8.37. The second-order valence-electron chi connectivity index (χ2n) is 9.39. The molecule has 0 aromatic heterocycles. The lowest BCUT2D eigenvalue weighted by molar-refractivity contribution is -0.475. The molecule has 0 N–H and O–H groups in total. The van der Waals surface area contributed by atoms with Crippen molar-refractivity contribution >= 4 is 0 Å². The molecule has 0 heterocycles. The minimum atomic E-state index is 0. The standard InChI is InChI=1S/C18H22.2H2/c1-17-5-6-18(17,2)16-14-12-10-8-4-3-7(8)9(10)11(12)13(14)15(16)17;;/h3-4,7-16H,5-6H2,1-2H3;2*1H/t7-,8+,9?,10?,11?,12?,13-,14+,15?,16?,17?,18?;;. The SMILES string of the molecule is CC12CCC1(C)C1C2[C@H]2C3C(C4C3[C@H]3C=C[C@@H]43)[C@@H]12.[HH].[HH]. The lowest BCUT2D eigenvalue weighted by Gasteiger charge is -2.95. The van der Waals surface area contributed by atoms with Crippen molar-refractivity contribution in [3.05, 3.63) is 12.2 Å². The third-order valence-electron chi connectivity index (χ3n) is 10.2. The second-order valence-corrected chi connectivity index (χ2v) is 9.39. The van der Waals surface area contributed by atoms with Gasteiger partial charge >= 0.3 is 0 Å². The van der Waals surface area contributed by atoms with Gasteiger partial charge in [-0.15, -0.1) is 0 Å². The molecule has 0 radical (unpaired) electrons. The van der Waals surface area contributed by atoms with Gasteiger partial charge in [-0.1, -0.05) is 26.0 Å². The summed E-state index contributed by atoms with van der Waals surface area (Å²) in [5, 5.41) is 0. The summed E-state index contributed by atoms with van der Waals surface area (Å²) in [5.41, 5.74) is 1.60. The second kappa shape index (κ2) is 1.98. The Bertz CT molecular complexity index is 508. The Morgan fingerprint density at radius 2 is 1.17 bits per heavy atom. The normalized spacial score (nSPS) is 86.1. The fourth-order valence-corrected chi connectivity index (χ4v) is 9.14. The fraction of sp³-hybridized carbons (Fsp3) is 0.889. The summed E-state index contributed by atoms with van der Waals surface area (Å²) in [4.78, 5) is 0. The van der Waals surface area contributed by atoms with Crippen molar-refractivity contribution in [2.24, 2.45) is 70.0 Å². The van der Waals surface area contributed by atoms with Crippen molar-refractivity contribution in [2.45, 2.75) is 26.7 Å². The number of hydrogen-bond donors (Lipinski definition) is 0. The van der Waals surface area contributed by atoms with Crippen LogP contribution < -0.4 is 0 Å². The van der Waals surface area contributed by atoms with E-state index in [1.165, 1.54) is 47.3 Å². The highest BCUT2D eigenvalue weighted by Crippen LogP contribution is 2.95. The van der Waals surface area contributed by atoms with Crippen molar-refractivity contribution in [2.75, 3.05) is 0 Å². The Labute approximate surface area is 112 Å². The summed E-state index contributed by atoms with van der Waals surface area (Å²) in [6.07, 6.45) is 8.21. The van der Waals surface area contributed by atoms with Crippen LogP contribution in [0.25, 0.3) is 0 Å². The summed E-state index contributed by atoms with van der Waals surface area (Å²) >= 11 is 0. The molecule has 98 valence electrons. The van der Waals surface area contributed by atoms with Crippen molar-refractivity contribution in [3.8, 4) is 0 Å². The fourth-order valence-electron chi connectivity index (χ4n) is 9.14. The van der Waals surface area contributed by atoms with Crippen LogP contribution in [0.1, 0.15) is 29.5 Å². The Morgan fingerprint density at radius 3 is 1.50 bits per heavy atom. The van der Waals surface area contributed by atoms with Gasteiger partial charge in [-0.3, -0.25) is 0 Å². The van der Waals surface area contributed by atoms with Crippen LogP contribution in [0.5, 0.6) is 0 Å². The van der Waals surface area contributed by atoms with E-state index in [2.05, 4.69) is 26.0 Å². The summed E-state index contributed by atoms with van der Waals surface area (Å²) in [6, 6.07) is 0. The first-order valence-electron chi connectivity index (χ1n) is 8.37. The lowest BCUT2D eigenvalue weighted by atomic mass is 9.09. The van der Waals surface area contributed by atoms with Crippen LogP contribution in [-0.2, 0) is 0 Å². The predicted molar refractivity (Wildman–Crippen MR) is 73.7 cm³/mol. The molecular formula is C18H26. The molecule has 0 aromatic rings.